The Bertz CT molecular complexity index is 833. The summed E-state index contributed by atoms with van der Waals surface area (Å²) in [6.45, 7) is 1.32. The maximum absolute atomic E-state index is 13.6. The molecule has 2 aromatic rings. The van der Waals surface area contributed by atoms with Crippen LogP contribution in [0.2, 0.25) is 0 Å². The zero-order chi connectivity index (χ0) is 19.8. The molecule has 0 saturated heterocycles. The summed E-state index contributed by atoms with van der Waals surface area (Å²) in [5, 5.41) is 2.67. The first-order chi connectivity index (χ1) is 12.9. The molecule has 0 aromatic heterocycles. The summed E-state index contributed by atoms with van der Waals surface area (Å²) in [6.07, 6.45) is 0.199. The van der Waals surface area contributed by atoms with Crippen LogP contribution in [0, 0.1) is 5.82 Å². The minimum absolute atomic E-state index is 0.0841. The van der Waals surface area contributed by atoms with Gasteiger partial charge >= 0.3 is 5.97 Å². The van der Waals surface area contributed by atoms with E-state index >= 15 is 0 Å². The van der Waals surface area contributed by atoms with Crippen molar-refractivity contribution in [3.05, 3.63) is 59.4 Å². The second-order valence-electron chi connectivity index (χ2n) is 5.71. The van der Waals surface area contributed by atoms with E-state index in [2.05, 4.69) is 5.32 Å². The molecule has 0 heterocycles. The molecule has 0 spiro atoms. The molecular formula is C20H20FNO5. The van der Waals surface area contributed by atoms with Crippen LogP contribution in [-0.4, -0.2) is 31.4 Å². The van der Waals surface area contributed by atoms with E-state index in [4.69, 9.17) is 9.47 Å². The second kappa shape index (κ2) is 9.47. The number of Topliss-reactive ketones (excluding diaryl/α,β-unsaturated/α-hetero) is 1. The molecule has 1 N–H and O–H groups in total. The molecule has 6 nitrogen and oxygen atoms in total. The molecule has 0 atom stereocenters. The quantitative estimate of drug-likeness (QED) is 0.568. The van der Waals surface area contributed by atoms with Gasteiger partial charge in [0.15, 0.2) is 24.0 Å². The van der Waals surface area contributed by atoms with E-state index in [-0.39, 0.29) is 23.9 Å². The molecule has 2 aromatic carbocycles. The first-order valence-corrected chi connectivity index (χ1v) is 8.34. The van der Waals surface area contributed by atoms with Crippen LogP contribution in [0.15, 0.2) is 42.5 Å². The lowest BCUT2D eigenvalue weighted by atomic mass is 10.1. The summed E-state index contributed by atoms with van der Waals surface area (Å²) >= 11 is 0. The number of ether oxygens (including phenoxy) is 2. The van der Waals surface area contributed by atoms with Gasteiger partial charge in [0.05, 0.1) is 13.5 Å². The molecule has 0 bridgehead atoms. The first-order valence-electron chi connectivity index (χ1n) is 8.34. The van der Waals surface area contributed by atoms with Crippen molar-refractivity contribution < 1.29 is 28.2 Å². The van der Waals surface area contributed by atoms with Crippen molar-refractivity contribution in [1.82, 2.24) is 0 Å². The zero-order valence-electron chi connectivity index (χ0n) is 15.1. The Morgan fingerprint density at radius 2 is 1.78 bits per heavy atom. The van der Waals surface area contributed by atoms with Crippen molar-refractivity contribution >= 4 is 23.3 Å². The van der Waals surface area contributed by atoms with Gasteiger partial charge in [-0.15, -0.1) is 0 Å². The molecule has 1 amide bonds. The fourth-order valence-electron chi connectivity index (χ4n) is 2.26. The maximum Gasteiger partial charge on any atom is 0.310 e. The highest BCUT2D eigenvalue weighted by molar-refractivity contribution is 5.98. The smallest absolute Gasteiger partial charge is 0.310 e. The van der Waals surface area contributed by atoms with Gasteiger partial charge < -0.3 is 14.8 Å². The first kappa shape index (κ1) is 20.1. The van der Waals surface area contributed by atoms with Gasteiger partial charge in [-0.05, 0) is 42.0 Å². The molecule has 7 heteroatoms. The van der Waals surface area contributed by atoms with E-state index in [1.807, 2.05) is 0 Å². The van der Waals surface area contributed by atoms with Crippen molar-refractivity contribution in [3.8, 4) is 5.75 Å². The Morgan fingerprint density at radius 3 is 2.37 bits per heavy atom. The van der Waals surface area contributed by atoms with Crippen LogP contribution in [0.5, 0.6) is 5.75 Å². The van der Waals surface area contributed by atoms with Crippen LogP contribution in [0.1, 0.15) is 29.3 Å². The maximum atomic E-state index is 13.6. The number of carbonyl (C=O) groups is 3. The van der Waals surface area contributed by atoms with Gasteiger partial charge in [-0.1, -0.05) is 13.0 Å². The topological polar surface area (TPSA) is 81.7 Å². The van der Waals surface area contributed by atoms with Crippen molar-refractivity contribution in [2.24, 2.45) is 0 Å². The number of esters is 1. The highest BCUT2D eigenvalue weighted by Gasteiger charge is 2.12. The van der Waals surface area contributed by atoms with Crippen molar-refractivity contribution in [1.29, 1.82) is 0 Å². The number of amides is 1. The zero-order valence-corrected chi connectivity index (χ0v) is 15.1. The van der Waals surface area contributed by atoms with Crippen LogP contribution >= 0.6 is 0 Å². The molecule has 0 aliphatic heterocycles. The molecule has 27 heavy (non-hydrogen) atoms. The molecule has 0 unspecified atom stereocenters. The number of nitrogens with one attached hydrogen (secondary N) is 1. The Hall–Kier alpha value is -3.22. The largest absolute Gasteiger partial charge is 0.494 e. The van der Waals surface area contributed by atoms with Gasteiger partial charge in [0.1, 0.15) is 0 Å². The van der Waals surface area contributed by atoms with Crippen LogP contribution in [0.4, 0.5) is 10.1 Å². The average Bonchev–Trinajstić information content (AvgIpc) is 2.66. The molecule has 0 saturated carbocycles. The number of hydrogen-bond acceptors (Lipinski definition) is 5. The third-order valence-electron chi connectivity index (χ3n) is 3.74. The van der Waals surface area contributed by atoms with Crippen LogP contribution < -0.4 is 10.1 Å². The Balaban J connectivity index is 1.86. The van der Waals surface area contributed by atoms with E-state index in [1.54, 1.807) is 37.3 Å². The molecule has 0 radical (unpaired) electrons. The van der Waals surface area contributed by atoms with E-state index in [9.17, 15) is 18.8 Å². The van der Waals surface area contributed by atoms with Crippen LogP contribution in [0.3, 0.4) is 0 Å². The number of anilines is 1. The lowest BCUT2D eigenvalue weighted by molar-refractivity contribution is -0.141. The molecule has 142 valence electrons. The lowest BCUT2D eigenvalue weighted by Crippen LogP contribution is -2.16. The highest BCUT2D eigenvalue weighted by atomic mass is 19.1. The third-order valence-corrected chi connectivity index (χ3v) is 3.74. The van der Waals surface area contributed by atoms with Crippen molar-refractivity contribution in [2.75, 3.05) is 19.0 Å². The minimum atomic E-state index is -0.639. The number of rotatable bonds is 8. The summed E-state index contributed by atoms with van der Waals surface area (Å²) in [6, 6.07) is 10.4. The molecule has 0 aliphatic rings. The Kier molecular flexibility index (Phi) is 7.05. The van der Waals surface area contributed by atoms with Gasteiger partial charge in [-0.2, -0.15) is 0 Å². The number of benzene rings is 2. The van der Waals surface area contributed by atoms with Gasteiger partial charge in [0, 0.05) is 17.7 Å². The standard InChI is InChI=1S/C20H20FNO5/c1-3-19(24)22-15-7-5-14(6-8-15)17(23)12-27-20(25)11-13-4-9-18(26-2)16(21)10-13/h4-10H,3,11-12H2,1-2H3,(H,22,24). The predicted molar refractivity (Wildman–Crippen MR) is 97.3 cm³/mol. The van der Waals surface area contributed by atoms with E-state index in [1.165, 1.54) is 19.2 Å². The molecule has 0 fully saturated rings. The number of ketones is 1. The summed E-state index contributed by atoms with van der Waals surface area (Å²) in [5.41, 5.74) is 1.35. The van der Waals surface area contributed by atoms with E-state index in [0.29, 0.717) is 23.2 Å². The summed E-state index contributed by atoms with van der Waals surface area (Å²) < 4.78 is 23.4. The Labute approximate surface area is 156 Å². The van der Waals surface area contributed by atoms with E-state index in [0.717, 1.165) is 0 Å². The predicted octanol–water partition coefficient (Wildman–Crippen LogP) is 3.15. The second-order valence-corrected chi connectivity index (χ2v) is 5.71. The summed E-state index contributed by atoms with van der Waals surface area (Å²) in [7, 11) is 1.35. The normalized spacial score (nSPS) is 10.2. The fourth-order valence-corrected chi connectivity index (χ4v) is 2.26. The van der Waals surface area contributed by atoms with Crippen LogP contribution in [-0.2, 0) is 20.7 Å². The minimum Gasteiger partial charge on any atom is -0.494 e. The number of carbonyl (C=O) groups excluding carboxylic acids is 3. The SMILES string of the molecule is CCC(=O)Nc1ccc(C(=O)COC(=O)Cc2ccc(OC)c(F)c2)cc1. The summed E-state index contributed by atoms with van der Waals surface area (Å²) in [5.74, 6) is -1.63. The molecular weight excluding hydrogens is 353 g/mol. The fraction of sp³-hybridized carbons (Fsp3) is 0.250. The van der Waals surface area contributed by atoms with Gasteiger partial charge in [0.25, 0.3) is 0 Å². The molecule has 2 rings (SSSR count). The van der Waals surface area contributed by atoms with Gasteiger partial charge in [0.2, 0.25) is 5.91 Å². The van der Waals surface area contributed by atoms with Crippen molar-refractivity contribution in [3.63, 3.8) is 0 Å². The Morgan fingerprint density at radius 1 is 1.07 bits per heavy atom. The number of methoxy groups -OCH3 is 1. The molecule has 0 aliphatic carbocycles. The number of halogens is 1. The monoisotopic (exact) mass is 373 g/mol. The third kappa shape index (κ3) is 5.91. The lowest BCUT2D eigenvalue weighted by Gasteiger charge is -2.07. The van der Waals surface area contributed by atoms with E-state index < -0.39 is 18.4 Å². The van der Waals surface area contributed by atoms with Crippen molar-refractivity contribution in [2.45, 2.75) is 19.8 Å². The van der Waals surface area contributed by atoms with Gasteiger partial charge in [-0.3, -0.25) is 14.4 Å². The highest BCUT2D eigenvalue weighted by Crippen LogP contribution is 2.18. The van der Waals surface area contributed by atoms with Gasteiger partial charge in [-0.25, -0.2) is 4.39 Å². The van der Waals surface area contributed by atoms with Crippen LogP contribution in [0.25, 0.3) is 0 Å². The average molecular weight is 373 g/mol. The summed E-state index contributed by atoms with van der Waals surface area (Å²) in [4.78, 5) is 35.3. The number of hydrogen-bond donors (Lipinski definition) is 1.